The molecule has 1 aromatic heterocycles. The van der Waals surface area contributed by atoms with Gasteiger partial charge in [-0.2, -0.15) is 0 Å². The van der Waals surface area contributed by atoms with E-state index >= 15 is 0 Å². The number of aryl methyl sites for hydroxylation is 2. The van der Waals surface area contributed by atoms with Crippen molar-refractivity contribution in [3.05, 3.63) is 63.3 Å². The van der Waals surface area contributed by atoms with Crippen LogP contribution in [0, 0.1) is 13.8 Å². The van der Waals surface area contributed by atoms with E-state index in [2.05, 4.69) is 4.98 Å². The van der Waals surface area contributed by atoms with E-state index in [1.54, 1.807) is 4.57 Å². The van der Waals surface area contributed by atoms with Gasteiger partial charge in [0.05, 0.1) is 0 Å². The van der Waals surface area contributed by atoms with Gasteiger partial charge in [-0.1, -0.05) is 30.3 Å². The van der Waals surface area contributed by atoms with Crippen LogP contribution in [-0.4, -0.2) is 15.1 Å². The number of nitrogens with two attached hydrogens (primary N) is 1. The molecule has 2 aromatic rings. The van der Waals surface area contributed by atoms with Crippen LogP contribution in [0.5, 0.6) is 0 Å². The predicted octanol–water partition coefficient (Wildman–Crippen LogP) is 2.19. The highest BCUT2D eigenvalue weighted by atomic mass is 16.1. The molecule has 0 bridgehead atoms. The molecule has 0 amide bonds. The van der Waals surface area contributed by atoms with Crippen LogP contribution >= 0.6 is 0 Å². The van der Waals surface area contributed by atoms with Crippen LogP contribution in [-0.2, 0) is 13.0 Å². The summed E-state index contributed by atoms with van der Waals surface area (Å²) in [6.45, 7) is 8.04. The Morgan fingerprint density at radius 1 is 1.19 bits per heavy atom. The van der Waals surface area contributed by atoms with Gasteiger partial charge in [0, 0.05) is 29.8 Å². The molecule has 0 radical (unpaired) electrons. The van der Waals surface area contributed by atoms with Crippen molar-refractivity contribution >= 4 is 0 Å². The minimum absolute atomic E-state index is 0.0161. The van der Waals surface area contributed by atoms with E-state index in [0.29, 0.717) is 18.8 Å². The van der Waals surface area contributed by atoms with Gasteiger partial charge in [-0.25, -0.2) is 4.98 Å². The van der Waals surface area contributed by atoms with Crippen molar-refractivity contribution in [2.24, 2.45) is 5.73 Å². The van der Waals surface area contributed by atoms with Crippen LogP contribution in [0.4, 0.5) is 0 Å². The molecule has 1 aromatic carbocycles. The lowest BCUT2D eigenvalue weighted by Gasteiger charge is -2.22. The summed E-state index contributed by atoms with van der Waals surface area (Å²) in [6, 6.07) is 9.98. The number of hydrogen-bond acceptors (Lipinski definition) is 3. The molecule has 0 unspecified atom stereocenters. The summed E-state index contributed by atoms with van der Waals surface area (Å²) < 4.78 is 1.69. The molecule has 4 nitrogen and oxygen atoms in total. The van der Waals surface area contributed by atoms with Crippen molar-refractivity contribution < 1.29 is 0 Å². The van der Waals surface area contributed by atoms with Gasteiger partial charge >= 0.3 is 0 Å². The van der Waals surface area contributed by atoms with Gasteiger partial charge in [0.1, 0.15) is 5.82 Å². The summed E-state index contributed by atoms with van der Waals surface area (Å²) in [4.78, 5) is 17.3. The van der Waals surface area contributed by atoms with E-state index < -0.39 is 5.54 Å². The van der Waals surface area contributed by atoms with E-state index in [0.717, 1.165) is 16.8 Å². The maximum Gasteiger partial charge on any atom is 0.257 e. The molecule has 0 aliphatic rings. The fourth-order valence-electron chi connectivity index (χ4n) is 2.43. The third-order valence-corrected chi connectivity index (χ3v) is 3.45. The minimum Gasteiger partial charge on any atom is -0.324 e. The molecule has 0 fully saturated rings. The van der Waals surface area contributed by atoms with Crippen LogP contribution in [0.15, 0.2) is 35.1 Å². The molecule has 112 valence electrons. The number of rotatable bonds is 4. The number of aromatic nitrogens is 2. The van der Waals surface area contributed by atoms with Gasteiger partial charge < -0.3 is 5.73 Å². The van der Waals surface area contributed by atoms with Crippen molar-refractivity contribution in [1.82, 2.24) is 9.55 Å². The second-order valence-corrected chi connectivity index (χ2v) is 6.27. The fraction of sp³-hybridized carbons (Fsp3) is 0.412. The van der Waals surface area contributed by atoms with Gasteiger partial charge in [-0.05, 0) is 33.3 Å². The molecule has 1 heterocycles. The maximum atomic E-state index is 12.8. The van der Waals surface area contributed by atoms with Crippen molar-refractivity contribution in [1.29, 1.82) is 0 Å². The molecule has 0 atom stereocenters. The van der Waals surface area contributed by atoms with E-state index in [1.165, 1.54) is 0 Å². The Hall–Kier alpha value is -1.94. The molecule has 0 saturated carbocycles. The first-order valence-electron chi connectivity index (χ1n) is 7.17. The second-order valence-electron chi connectivity index (χ2n) is 6.27. The van der Waals surface area contributed by atoms with Crippen LogP contribution in [0.25, 0.3) is 0 Å². The first-order chi connectivity index (χ1) is 9.78. The molecular formula is C17H23N3O. The predicted molar refractivity (Wildman–Crippen MR) is 85.5 cm³/mol. The third-order valence-electron chi connectivity index (χ3n) is 3.45. The zero-order valence-electron chi connectivity index (χ0n) is 13.2. The number of benzene rings is 1. The zero-order valence-corrected chi connectivity index (χ0v) is 13.2. The molecule has 2 N–H and O–H groups in total. The SMILES string of the molecule is Cc1nc(C)n(CC(C)(C)N)c(=O)c1Cc1ccccc1. The van der Waals surface area contributed by atoms with Crippen LogP contribution in [0.1, 0.15) is 36.5 Å². The molecule has 0 aliphatic heterocycles. The zero-order chi connectivity index (χ0) is 15.6. The first kappa shape index (κ1) is 15.4. The third kappa shape index (κ3) is 3.79. The van der Waals surface area contributed by atoms with Crippen LogP contribution in [0.2, 0.25) is 0 Å². The van der Waals surface area contributed by atoms with Gasteiger partial charge in [-0.15, -0.1) is 0 Å². The van der Waals surface area contributed by atoms with Gasteiger partial charge in [-0.3, -0.25) is 9.36 Å². The minimum atomic E-state index is -0.449. The second kappa shape index (κ2) is 5.82. The standard InChI is InChI=1S/C17H23N3O/c1-12-15(10-14-8-6-5-7-9-14)16(21)20(13(2)19-12)11-17(3,4)18/h5-9H,10-11,18H2,1-4H3. The molecule has 21 heavy (non-hydrogen) atoms. The summed E-state index contributed by atoms with van der Waals surface area (Å²) >= 11 is 0. The maximum absolute atomic E-state index is 12.8. The molecule has 0 aliphatic carbocycles. The lowest BCUT2D eigenvalue weighted by Crippen LogP contribution is -2.42. The van der Waals surface area contributed by atoms with Crippen molar-refractivity contribution in [2.45, 2.75) is 46.2 Å². The van der Waals surface area contributed by atoms with Crippen molar-refractivity contribution in [3.8, 4) is 0 Å². The Bertz CT molecular complexity index is 682. The highest BCUT2D eigenvalue weighted by molar-refractivity contribution is 5.27. The Balaban J connectivity index is 2.47. The molecule has 2 rings (SSSR count). The highest BCUT2D eigenvalue weighted by Crippen LogP contribution is 2.11. The normalized spacial score (nSPS) is 11.7. The lowest BCUT2D eigenvalue weighted by molar-refractivity contribution is 0.414. The van der Waals surface area contributed by atoms with Gasteiger partial charge in [0.15, 0.2) is 0 Å². The largest absolute Gasteiger partial charge is 0.324 e. The Labute approximate surface area is 125 Å². The van der Waals surface area contributed by atoms with E-state index in [9.17, 15) is 4.79 Å². The molecule has 0 spiro atoms. The molecular weight excluding hydrogens is 262 g/mol. The summed E-state index contributed by atoms with van der Waals surface area (Å²) in [5, 5.41) is 0. The first-order valence-corrected chi connectivity index (χ1v) is 7.17. The Kier molecular flexibility index (Phi) is 4.28. The Morgan fingerprint density at radius 3 is 2.38 bits per heavy atom. The summed E-state index contributed by atoms with van der Waals surface area (Å²) in [7, 11) is 0. The topological polar surface area (TPSA) is 60.9 Å². The molecule has 0 saturated heterocycles. The monoisotopic (exact) mass is 285 g/mol. The number of nitrogens with zero attached hydrogens (tertiary/aromatic N) is 2. The quantitative estimate of drug-likeness (QED) is 0.936. The number of hydrogen-bond donors (Lipinski definition) is 1. The summed E-state index contributed by atoms with van der Waals surface area (Å²) in [5.41, 5.74) is 8.28. The fourth-order valence-corrected chi connectivity index (χ4v) is 2.43. The van der Waals surface area contributed by atoms with Gasteiger partial charge in [0.2, 0.25) is 0 Å². The Morgan fingerprint density at radius 2 is 1.81 bits per heavy atom. The van der Waals surface area contributed by atoms with Crippen LogP contribution in [0.3, 0.4) is 0 Å². The average molecular weight is 285 g/mol. The highest BCUT2D eigenvalue weighted by Gasteiger charge is 2.18. The van der Waals surface area contributed by atoms with E-state index in [1.807, 2.05) is 58.0 Å². The smallest absolute Gasteiger partial charge is 0.257 e. The summed E-state index contributed by atoms with van der Waals surface area (Å²) in [6.07, 6.45) is 0.601. The van der Waals surface area contributed by atoms with Crippen molar-refractivity contribution in [3.63, 3.8) is 0 Å². The van der Waals surface area contributed by atoms with Crippen LogP contribution < -0.4 is 11.3 Å². The van der Waals surface area contributed by atoms with E-state index in [-0.39, 0.29) is 5.56 Å². The van der Waals surface area contributed by atoms with E-state index in [4.69, 9.17) is 5.73 Å². The average Bonchev–Trinajstić information content (AvgIpc) is 2.40. The lowest BCUT2D eigenvalue weighted by atomic mass is 10.0. The van der Waals surface area contributed by atoms with Crippen molar-refractivity contribution in [2.75, 3.05) is 0 Å². The molecule has 4 heteroatoms. The summed E-state index contributed by atoms with van der Waals surface area (Å²) in [5.74, 6) is 0.716. The van der Waals surface area contributed by atoms with Gasteiger partial charge in [0.25, 0.3) is 5.56 Å².